The molecule has 0 N–H and O–H groups in total. The Balaban J connectivity index is 0.000000288. The number of hydrogen-bond acceptors (Lipinski definition) is 2. The van der Waals surface area contributed by atoms with Crippen LogP contribution in [-0.2, 0) is 16.0 Å². The third-order valence-electron chi connectivity index (χ3n) is 1.47. The summed E-state index contributed by atoms with van der Waals surface area (Å²) in [5.41, 5.74) is 1.33. The molecule has 0 aromatic heterocycles. The number of allylic oxidation sites excluding steroid dienone is 1. The summed E-state index contributed by atoms with van der Waals surface area (Å²) in [4.78, 5) is 9.75. The Morgan fingerprint density at radius 2 is 1.93 bits per heavy atom. The third-order valence-corrected chi connectivity index (χ3v) is 1.47. The molecule has 0 radical (unpaired) electrons. The van der Waals surface area contributed by atoms with Crippen molar-refractivity contribution < 1.29 is 9.53 Å². The first-order valence-electron chi connectivity index (χ1n) is 4.63. The maximum absolute atomic E-state index is 9.75. The normalized spacial score (nSPS) is 8.07. The second kappa shape index (κ2) is 8.75. The molecule has 2 heteroatoms. The smallest absolute Gasteiger partial charge is 0.307 e. The molecule has 1 aromatic rings. The molecule has 1 rings (SSSR count). The van der Waals surface area contributed by atoms with E-state index in [2.05, 4.69) is 30.0 Å². The lowest BCUT2D eigenvalue weighted by Gasteiger charge is -1.91. The highest BCUT2D eigenvalue weighted by atomic mass is 16.5. The van der Waals surface area contributed by atoms with Gasteiger partial charge in [0.1, 0.15) is 0 Å². The van der Waals surface area contributed by atoms with E-state index in [0.717, 1.165) is 12.7 Å². The van der Waals surface area contributed by atoms with Crippen LogP contribution in [0, 0.1) is 0 Å². The van der Waals surface area contributed by atoms with E-state index >= 15 is 0 Å². The highest BCUT2D eigenvalue weighted by Gasteiger charge is 1.82. The van der Waals surface area contributed by atoms with Crippen LogP contribution in [0.5, 0.6) is 0 Å². The minimum absolute atomic E-state index is 0.329. The van der Waals surface area contributed by atoms with Gasteiger partial charge in [0.25, 0.3) is 0 Å². The fraction of sp³-hybridized carbons (Fsp3) is 0.154. The number of hydrogen-bond donors (Lipinski definition) is 0. The van der Waals surface area contributed by atoms with E-state index in [4.69, 9.17) is 0 Å². The summed E-state index contributed by atoms with van der Waals surface area (Å²) in [5.74, 6) is -0.329. The van der Waals surface area contributed by atoms with E-state index in [1.54, 1.807) is 0 Å². The molecule has 0 saturated heterocycles. The van der Waals surface area contributed by atoms with E-state index in [0.29, 0.717) is 0 Å². The van der Waals surface area contributed by atoms with Crippen molar-refractivity contribution >= 4 is 5.97 Å². The molecule has 2 nitrogen and oxygen atoms in total. The van der Waals surface area contributed by atoms with Crippen molar-refractivity contribution in [1.29, 1.82) is 0 Å². The van der Waals surface area contributed by atoms with E-state index in [-0.39, 0.29) is 5.97 Å². The molecule has 0 aliphatic rings. The molecule has 0 fully saturated rings. The molecule has 1 aromatic carbocycles. The molecule has 0 unspecified atom stereocenters. The molecule has 0 atom stereocenters. The second-order valence-corrected chi connectivity index (χ2v) is 2.75. The standard InChI is InChI=1S/C9H10.C4H6O2/c1-2-6-9-7-4-3-5-8-9;1-3-6-4(2)5/h2-5,7-8H,1,6H2;3H,1H2,2H3. The Labute approximate surface area is 90.9 Å². The largest absolute Gasteiger partial charge is 0.435 e. The molecule has 0 heterocycles. The molecular weight excluding hydrogens is 188 g/mol. The predicted molar refractivity (Wildman–Crippen MR) is 62.3 cm³/mol. The Morgan fingerprint density at radius 1 is 1.33 bits per heavy atom. The van der Waals surface area contributed by atoms with Crippen molar-refractivity contribution in [2.24, 2.45) is 0 Å². The lowest BCUT2D eigenvalue weighted by molar-refractivity contribution is -0.135. The fourth-order valence-electron chi connectivity index (χ4n) is 0.898. The monoisotopic (exact) mass is 204 g/mol. The first-order valence-corrected chi connectivity index (χ1v) is 4.63. The van der Waals surface area contributed by atoms with Crippen LogP contribution in [0.3, 0.4) is 0 Å². The summed E-state index contributed by atoms with van der Waals surface area (Å²) in [7, 11) is 0. The van der Waals surface area contributed by atoms with Gasteiger partial charge in [0.15, 0.2) is 0 Å². The van der Waals surface area contributed by atoms with E-state index < -0.39 is 0 Å². The minimum Gasteiger partial charge on any atom is -0.435 e. The Kier molecular flexibility index (Phi) is 7.69. The average Bonchev–Trinajstić information content (AvgIpc) is 2.20. The van der Waals surface area contributed by atoms with Crippen molar-refractivity contribution in [3.63, 3.8) is 0 Å². The molecule has 80 valence electrons. The maximum Gasteiger partial charge on any atom is 0.307 e. The Hall–Kier alpha value is -1.83. The number of ether oxygens (including phenoxy) is 1. The van der Waals surface area contributed by atoms with Crippen molar-refractivity contribution in [3.8, 4) is 0 Å². The zero-order valence-corrected chi connectivity index (χ0v) is 8.98. The van der Waals surface area contributed by atoms with E-state index in [1.807, 2.05) is 24.3 Å². The van der Waals surface area contributed by atoms with Gasteiger partial charge in [0.05, 0.1) is 6.26 Å². The van der Waals surface area contributed by atoms with Gasteiger partial charge in [-0.3, -0.25) is 4.79 Å². The van der Waals surface area contributed by atoms with Crippen LogP contribution in [-0.4, -0.2) is 5.97 Å². The summed E-state index contributed by atoms with van der Waals surface area (Å²) < 4.78 is 4.17. The fourth-order valence-corrected chi connectivity index (χ4v) is 0.898. The van der Waals surface area contributed by atoms with Gasteiger partial charge in [0, 0.05) is 6.92 Å². The summed E-state index contributed by atoms with van der Waals surface area (Å²) in [6, 6.07) is 10.3. The van der Waals surface area contributed by atoms with Crippen molar-refractivity contribution in [1.82, 2.24) is 0 Å². The van der Waals surface area contributed by atoms with Gasteiger partial charge >= 0.3 is 5.97 Å². The van der Waals surface area contributed by atoms with Crippen LogP contribution in [0.1, 0.15) is 12.5 Å². The minimum atomic E-state index is -0.329. The zero-order valence-electron chi connectivity index (χ0n) is 8.98. The molecule has 0 spiro atoms. The van der Waals surface area contributed by atoms with Gasteiger partial charge in [-0.1, -0.05) is 43.0 Å². The van der Waals surface area contributed by atoms with E-state index in [1.165, 1.54) is 12.5 Å². The van der Waals surface area contributed by atoms with Crippen LogP contribution < -0.4 is 0 Å². The van der Waals surface area contributed by atoms with Gasteiger partial charge in [-0.25, -0.2) is 0 Å². The summed E-state index contributed by atoms with van der Waals surface area (Å²) in [6.45, 7) is 8.13. The topological polar surface area (TPSA) is 26.3 Å². The molecule has 0 amide bonds. The highest BCUT2D eigenvalue weighted by molar-refractivity contribution is 5.66. The Morgan fingerprint density at radius 3 is 2.27 bits per heavy atom. The lowest BCUT2D eigenvalue weighted by Crippen LogP contribution is -1.87. The number of carbonyl (C=O) groups is 1. The maximum atomic E-state index is 9.75. The van der Waals surface area contributed by atoms with E-state index in [9.17, 15) is 4.79 Å². The number of benzene rings is 1. The van der Waals surface area contributed by atoms with Crippen LogP contribution >= 0.6 is 0 Å². The van der Waals surface area contributed by atoms with Gasteiger partial charge in [-0.15, -0.1) is 6.58 Å². The predicted octanol–water partition coefficient (Wildman–Crippen LogP) is 3.11. The van der Waals surface area contributed by atoms with Crippen molar-refractivity contribution in [3.05, 3.63) is 61.4 Å². The number of rotatable bonds is 3. The first-order chi connectivity index (χ1) is 7.20. The van der Waals surface area contributed by atoms with Crippen LogP contribution in [0.25, 0.3) is 0 Å². The lowest BCUT2D eigenvalue weighted by atomic mass is 10.2. The molecule has 0 aliphatic heterocycles. The number of carbonyl (C=O) groups excluding carboxylic acids is 1. The second-order valence-electron chi connectivity index (χ2n) is 2.75. The molecule has 0 aliphatic carbocycles. The van der Waals surface area contributed by atoms with Crippen molar-refractivity contribution in [2.45, 2.75) is 13.3 Å². The van der Waals surface area contributed by atoms with Gasteiger partial charge in [-0.05, 0) is 12.0 Å². The third kappa shape index (κ3) is 8.50. The Bertz CT molecular complexity index is 302. The SMILES string of the molecule is C=CCc1ccccc1.C=COC(C)=O. The highest BCUT2D eigenvalue weighted by Crippen LogP contribution is 1.98. The first kappa shape index (κ1) is 13.2. The van der Waals surface area contributed by atoms with Gasteiger partial charge < -0.3 is 4.74 Å². The summed E-state index contributed by atoms with van der Waals surface area (Å²) in [6.07, 6.45) is 3.98. The summed E-state index contributed by atoms with van der Waals surface area (Å²) >= 11 is 0. The van der Waals surface area contributed by atoms with Gasteiger partial charge in [-0.2, -0.15) is 0 Å². The van der Waals surface area contributed by atoms with Crippen LogP contribution in [0.15, 0.2) is 55.8 Å². The molecule has 0 bridgehead atoms. The molecule has 15 heavy (non-hydrogen) atoms. The van der Waals surface area contributed by atoms with Crippen molar-refractivity contribution in [2.75, 3.05) is 0 Å². The van der Waals surface area contributed by atoms with Gasteiger partial charge in [0.2, 0.25) is 0 Å². The zero-order chi connectivity index (χ0) is 11.5. The number of esters is 1. The van der Waals surface area contributed by atoms with Crippen LogP contribution in [0.4, 0.5) is 0 Å². The molecular formula is C13H16O2. The summed E-state index contributed by atoms with van der Waals surface area (Å²) in [5, 5.41) is 0. The average molecular weight is 204 g/mol. The van der Waals surface area contributed by atoms with Crippen LogP contribution in [0.2, 0.25) is 0 Å². The quantitative estimate of drug-likeness (QED) is 0.429. The molecule has 0 saturated carbocycles.